The molecule has 17 heavy (non-hydrogen) atoms. The van der Waals surface area contributed by atoms with Crippen LogP contribution in [0.2, 0.25) is 0 Å². The van der Waals surface area contributed by atoms with Gasteiger partial charge in [-0.25, -0.2) is 13.8 Å². The second kappa shape index (κ2) is 4.63. The predicted octanol–water partition coefficient (Wildman–Crippen LogP) is 2.40. The van der Waals surface area contributed by atoms with Crippen LogP contribution in [0.1, 0.15) is 28.9 Å². The first-order chi connectivity index (χ1) is 7.81. The highest BCUT2D eigenvalue weighted by molar-refractivity contribution is 5.42. The van der Waals surface area contributed by atoms with Gasteiger partial charge in [0.05, 0.1) is 18.2 Å². The molecule has 92 valence electrons. The van der Waals surface area contributed by atoms with Crippen molar-refractivity contribution < 1.29 is 27.1 Å². The molecular weight excluding hydrogens is 247 g/mol. The molecule has 0 unspecified atom stereocenters. The van der Waals surface area contributed by atoms with Crippen LogP contribution < -0.4 is 0 Å². The van der Waals surface area contributed by atoms with E-state index in [9.17, 15) is 22.0 Å². The quantitative estimate of drug-likeness (QED) is 0.822. The average Bonchev–Trinajstić information content (AvgIpc) is 2.25. The number of hydrogen-bond donors (Lipinski definition) is 1. The molecule has 3 nitrogen and oxygen atoms in total. The van der Waals surface area contributed by atoms with Crippen LogP contribution in [0.25, 0.3) is 0 Å². The monoisotopic (exact) mass is 252 g/mol. The molecule has 0 bridgehead atoms. The van der Waals surface area contributed by atoms with E-state index in [1.54, 1.807) is 0 Å². The first-order valence-corrected chi connectivity index (χ1v) is 4.21. The van der Waals surface area contributed by atoms with Crippen molar-refractivity contribution in [2.75, 3.05) is 0 Å². The van der Waals surface area contributed by atoms with E-state index < -0.39 is 41.7 Å². The molecule has 1 aromatic rings. The highest BCUT2D eigenvalue weighted by Crippen LogP contribution is 2.33. The van der Waals surface area contributed by atoms with Crippen LogP contribution in [-0.2, 0) is 12.8 Å². The third-order valence-corrected chi connectivity index (χ3v) is 1.91. The summed E-state index contributed by atoms with van der Waals surface area (Å²) in [5, 5.41) is 17.3. The summed E-state index contributed by atoms with van der Waals surface area (Å²) >= 11 is 0. The summed E-state index contributed by atoms with van der Waals surface area (Å²) in [5.41, 5.74) is -4.27. The minimum atomic E-state index is -5.01. The van der Waals surface area contributed by atoms with Crippen molar-refractivity contribution in [3.8, 4) is 6.07 Å². The molecule has 8 heteroatoms. The van der Waals surface area contributed by atoms with Gasteiger partial charge < -0.3 is 5.11 Å². The molecule has 1 heterocycles. The van der Waals surface area contributed by atoms with Gasteiger partial charge in [-0.3, -0.25) is 0 Å². The molecule has 0 fully saturated rings. The fourth-order valence-electron chi connectivity index (χ4n) is 1.20. The molecule has 0 aliphatic heterocycles. The lowest BCUT2D eigenvalue weighted by molar-refractivity contribution is -0.142. The van der Waals surface area contributed by atoms with Crippen LogP contribution in [0.4, 0.5) is 22.0 Å². The number of aliphatic hydroxyl groups is 1. The van der Waals surface area contributed by atoms with Crippen LogP contribution in [0, 0.1) is 11.3 Å². The minimum absolute atomic E-state index is 0.533. The molecule has 0 spiro atoms. The number of pyridine rings is 1. The molecule has 0 radical (unpaired) electrons. The van der Waals surface area contributed by atoms with Crippen molar-refractivity contribution in [3.05, 3.63) is 28.6 Å². The molecule has 0 aliphatic rings. The molecule has 0 aromatic carbocycles. The largest absolute Gasteiger partial charge is 0.433 e. The maximum Gasteiger partial charge on any atom is 0.433 e. The van der Waals surface area contributed by atoms with E-state index >= 15 is 0 Å². The van der Waals surface area contributed by atoms with E-state index in [0.717, 1.165) is 0 Å². The Labute approximate surface area is 92.1 Å². The molecule has 1 rings (SSSR count). The van der Waals surface area contributed by atoms with Gasteiger partial charge in [0.15, 0.2) is 5.69 Å². The van der Waals surface area contributed by atoms with Crippen LogP contribution in [0.15, 0.2) is 6.07 Å². The van der Waals surface area contributed by atoms with Crippen molar-refractivity contribution in [1.29, 1.82) is 5.26 Å². The zero-order chi connectivity index (χ0) is 13.2. The first kappa shape index (κ1) is 13.3. The van der Waals surface area contributed by atoms with E-state index in [4.69, 9.17) is 10.4 Å². The number of aromatic nitrogens is 1. The maximum atomic E-state index is 12.5. The van der Waals surface area contributed by atoms with Crippen LogP contribution in [0.3, 0.4) is 0 Å². The summed E-state index contributed by atoms with van der Waals surface area (Å²) in [6.07, 6.45) is -8.23. The van der Waals surface area contributed by atoms with Gasteiger partial charge in [0, 0.05) is 5.56 Å². The van der Waals surface area contributed by atoms with Crippen LogP contribution in [-0.4, -0.2) is 10.1 Å². The predicted molar refractivity (Wildman–Crippen MR) is 44.8 cm³/mol. The van der Waals surface area contributed by atoms with Crippen molar-refractivity contribution in [3.63, 3.8) is 0 Å². The Morgan fingerprint density at radius 1 is 1.41 bits per heavy atom. The van der Waals surface area contributed by atoms with Crippen LogP contribution >= 0.6 is 0 Å². The average molecular weight is 252 g/mol. The summed E-state index contributed by atoms with van der Waals surface area (Å²) in [4.78, 5) is 2.74. The lowest BCUT2D eigenvalue weighted by Crippen LogP contribution is -2.15. The van der Waals surface area contributed by atoms with Crippen molar-refractivity contribution in [2.24, 2.45) is 0 Å². The van der Waals surface area contributed by atoms with Crippen LogP contribution in [0.5, 0.6) is 0 Å². The van der Waals surface area contributed by atoms with E-state index in [-0.39, 0.29) is 0 Å². The zero-order valence-corrected chi connectivity index (χ0v) is 8.09. The number of hydrogen-bond acceptors (Lipinski definition) is 3. The second-order valence-corrected chi connectivity index (χ2v) is 2.99. The zero-order valence-electron chi connectivity index (χ0n) is 8.09. The van der Waals surface area contributed by atoms with E-state index in [0.29, 0.717) is 6.07 Å². The first-order valence-electron chi connectivity index (χ1n) is 4.21. The highest BCUT2D eigenvalue weighted by atomic mass is 19.4. The number of nitrogens with zero attached hydrogens (tertiary/aromatic N) is 2. The van der Waals surface area contributed by atoms with Gasteiger partial charge in [-0.05, 0) is 6.07 Å². The Kier molecular flexibility index (Phi) is 3.63. The van der Waals surface area contributed by atoms with Gasteiger partial charge in [0.1, 0.15) is 5.69 Å². The topological polar surface area (TPSA) is 56.9 Å². The van der Waals surface area contributed by atoms with E-state index in [1.165, 1.54) is 6.07 Å². The van der Waals surface area contributed by atoms with Crippen molar-refractivity contribution in [2.45, 2.75) is 19.2 Å². The molecule has 1 N–H and O–H groups in total. The number of halogens is 5. The molecule has 0 amide bonds. The summed E-state index contributed by atoms with van der Waals surface area (Å²) in [7, 11) is 0. The normalized spacial score (nSPS) is 11.6. The Balaban J connectivity index is 3.56. The maximum absolute atomic E-state index is 12.5. The Morgan fingerprint density at radius 3 is 2.35 bits per heavy atom. The molecule has 0 saturated carbocycles. The Morgan fingerprint density at radius 2 is 2.00 bits per heavy atom. The van der Waals surface area contributed by atoms with E-state index in [2.05, 4.69) is 4.98 Å². The second-order valence-electron chi connectivity index (χ2n) is 2.99. The fraction of sp³-hybridized carbons (Fsp3) is 0.333. The number of aliphatic hydroxyl groups excluding tert-OH is 1. The standard InChI is InChI=1S/C9H5F5N2O/c10-8(11)6-1-4(2-15)5(3-17)7(16-6)9(12,13)14/h1,8,17H,3H2. The van der Waals surface area contributed by atoms with E-state index in [1.807, 2.05) is 0 Å². The van der Waals surface area contributed by atoms with Gasteiger partial charge in [0.2, 0.25) is 0 Å². The van der Waals surface area contributed by atoms with Gasteiger partial charge in [-0.15, -0.1) is 0 Å². The fourth-order valence-corrected chi connectivity index (χ4v) is 1.20. The molecular formula is C9H5F5N2O. The van der Waals surface area contributed by atoms with Gasteiger partial charge in [-0.1, -0.05) is 0 Å². The van der Waals surface area contributed by atoms with Gasteiger partial charge in [-0.2, -0.15) is 18.4 Å². The summed E-state index contributed by atoms with van der Waals surface area (Å²) in [5.74, 6) is 0. The lowest BCUT2D eigenvalue weighted by Gasteiger charge is -2.13. The minimum Gasteiger partial charge on any atom is -0.392 e. The SMILES string of the molecule is N#Cc1cc(C(F)F)nc(C(F)(F)F)c1CO. The summed E-state index contributed by atoms with van der Waals surface area (Å²) < 4.78 is 62.0. The van der Waals surface area contributed by atoms with Gasteiger partial charge >= 0.3 is 6.18 Å². The Hall–Kier alpha value is -1.75. The van der Waals surface area contributed by atoms with Crippen molar-refractivity contribution >= 4 is 0 Å². The lowest BCUT2D eigenvalue weighted by atomic mass is 10.1. The molecule has 0 aliphatic carbocycles. The summed E-state index contributed by atoms with van der Waals surface area (Å²) in [6.45, 7) is -1.10. The number of nitriles is 1. The molecule has 0 saturated heterocycles. The third kappa shape index (κ3) is 2.68. The van der Waals surface area contributed by atoms with Crippen molar-refractivity contribution in [1.82, 2.24) is 4.98 Å². The Bertz CT molecular complexity index is 464. The third-order valence-electron chi connectivity index (χ3n) is 1.91. The summed E-state index contributed by atoms with van der Waals surface area (Å²) in [6, 6.07) is 1.85. The number of rotatable bonds is 2. The molecule has 0 atom stereocenters. The highest BCUT2D eigenvalue weighted by Gasteiger charge is 2.37. The molecule has 1 aromatic heterocycles. The van der Waals surface area contributed by atoms with Gasteiger partial charge in [0.25, 0.3) is 6.43 Å². The number of alkyl halides is 5. The smallest absolute Gasteiger partial charge is 0.392 e.